The predicted octanol–water partition coefficient (Wildman–Crippen LogP) is 3.01. The van der Waals surface area contributed by atoms with Crippen molar-refractivity contribution < 1.29 is 9.18 Å². The van der Waals surface area contributed by atoms with E-state index in [0.29, 0.717) is 11.3 Å². The predicted molar refractivity (Wildman–Crippen MR) is 64.7 cm³/mol. The van der Waals surface area contributed by atoms with E-state index in [4.69, 9.17) is 0 Å². The molecule has 1 aromatic heterocycles. The van der Waals surface area contributed by atoms with Gasteiger partial charge in [0.2, 0.25) is 5.78 Å². The van der Waals surface area contributed by atoms with Gasteiger partial charge in [-0.2, -0.15) is 0 Å². The number of hydrogen-bond donors (Lipinski definition) is 0. The van der Waals surface area contributed by atoms with Gasteiger partial charge in [0.1, 0.15) is 5.82 Å². The second-order valence-electron chi connectivity index (χ2n) is 4.19. The van der Waals surface area contributed by atoms with Gasteiger partial charge in [-0.15, -0.1) is 0 Å². The standard InChI is InChI=1S/C14H14FNO/c1-9-8-13(16(3)10(9)2)14(17)11-4-6-12(15)7-5-11/h4-8H,1-3H3. The minimum atomic E-state index is -0.333. The average Bonchev–Trinajstić information content (AvgIpc) is 2.57. The van der Waals surface area contributed by atoms with E-state index in [9.17, 15) is 9.18 Å². The molecule has 0 aliphatic carbocycles. The molecular weight excluding hydrogens is 217 g/mol. The highest BCUT2D eigenvalue weighted by Gasteiger charge is 2.15. The molecule has 1 heterocycles. The Bertz CT molecular complexity index is 567. The third-order valence-corrected chi connectivity index (χ3v) is 3.13. The summed E-state index contributed by atoms with van der Waals surface area (Å²) in [6, 6.07) is 7.48. The first-order valence-corrected chi connectivity index (χ1v) is 5.44. The maximum Gasteiger partial charge on any atom is 0.209 e. The van der Waals surface area contributed by atoms with Gasteiger partial charge in [0.15, 0.2) is 0 Å². The van der Waals surface area contributed by atoms with Crippen LogP contribution in [-0.2, 0) is 7.05 Å². The normalized spacial score (nSPS) is 10.6. The molecule has 0 N–H and O–H groups in total. The van der Waals surface area contributed by atoms with Crippen molar-refractivity contribution in [3.63, 3.8) is 0 Å². The van der Waals surface area contributed by atoms with Crippen molar-refractivity contribution >= 4 is 5.78 Å². The third kappa shape index (κ3) is 2.00. The smallest absolute Gasteiger partial charge is 0.209 e. The summed E-state index contributed by atoms with van der Waals surface area (Å²) < 4.78 is 14.6. The fraction of sp³-hybridized carbons (Fsp3) is 0.214. The zero-order valence-electron chi connectivity index (χ0n) is 10.1. The zero-order chi connectivity index (χ0) is 12.6. The van der Waals surface area contributed by atoms with Gasteiger partial charge in [0.05, 0.1) is 5.69 Å². The van der Waals surface area contributed by atoms with E-state index in [-0.39, 0.29) is 11.6 Å². The number of carbonyl (C=O) groups excluding carboxylic acids is 1. The maximum atomic E-state index is 12.8. The molecule has 0 spiro atoms. The summed E-state index contributed by atoms with van der Waals surface area (Å²) in [5, 5.41) is 0. The zero-order valence-corrected chi connectivity index (χ0v) is 10.1. The molecule has 17 heavy (non-hydrogen) atoms. The lowest BCUT2D eigenvalue weighted by molar-refractivity contribution is 0.103. The Morgan fingerprint density at radius 3 is 2.24 bits per heavy atom. The van der Waals surface area contributed by atoms with Crippen molar-refractivity contribution in [2.75, 3.05) is 0 Å². The Morgan fingerprint density at radius 2 is 1.76 bits per heavy atom. The second-order valence-corrected chi connectivity index (χ2v) is 4.19. The largest absolute Gasteiger partial charge is 0.345 e. The highest BCUT2D eigenvalue weighted by atomic mass is 19.1. The van der Waals surface area contributed by atoms with Crippen LogP contribution in [0, 0.1) is 19.7 Å². The van der Waals surface area contributed by atoms with Crippen LogP contribution in [0.4, 0.5) is 4.39 Å². The van der Waals surface area contributed by atoms with Crippen molar-refractivity contribution in [1.82, 2.24) is 4.57 Å². The molecule has 3 heteroatoms. The fourth-order valence-electron chi connectivity index (χ4n) is 1.82. The Balaban J connectivity index is 2.44. The molecule has 0 fully saturated rings. The molecule has 0 amide bonds. The molecule has 2 aromatic rings. The van der Waals surface area contributed by atoms with Gasteiger partial charge < -0.3 is 4.57 Å². The number of carbonyl (C=O) groups is 1. The number of aryl methyl sites for hydroxylation is 1. The van der Waals surface area contributed by atoms with Crippen LogP contribution in [0.2, 0.25) is 0 Å². The van der Waals surface area contributed by atoms with Crippen LogP contribution in [0.1, 0.15) is 27.3 Å². The van der Waals surface area contributed by atoms with Gasteiger partial charge >= 0.3 is 0 Å². The number of halogens is 1. The summed E-state index contributed by atoms with van der Waals surface area (Å²) >= 11 is 0. The van der Waals surface area contributed by atoms with Crippen molar-refractivity contribution in [3.8, 4) is 0 Å². The van der Waals surface area contributed by atoms with Crippen LogP contribution in [0.15, 0.2) is 30.3 Å². The van der Waals surface area contributed by atoms with Crippen LogP contribution in [0.3, 0.4) is 0 Å². The molecule has 0 unspecified atom stereocenters. The van der Waals surface area contributed by atoms with E-state index in [2.05, 4.69) is 0 Å². The molecule has 0 bridgehead atoms. The molecule has 0 saturated heterocycles. The third-order valence-electron chi connectivity index (χ3n) is 3.13. The lowest BCUT2D eigenvalue weighted by Gasteiger charge is -2.04. The van der Waals surface area contributed by atoms with Gasteiger partial charge in [-0.3, -0.25) is 4.79 Å². The monoisotopic (exact) mass is 231 g/mol. The summed E-state index contributed by atoms with van der Waals surface area (Å²) in [7, 11) is 1.86. The second kappa shape index (κ2) is 4.17. The van der Waals surface area contributed by atoms with Crippen molar-refractivity contribution in [2.24, 2.45) is 7.05 Å². The molecule has 88 valence electrons. The Kier molecular flexibility index (Phi) is 2.84. The van der Waals surface area contributed by atoms with Crippen LogP contribution < -0.4 is 0 Å². The van der Waals surface area contributed by atoms with Crippen LogP contribution >= 0.6 is 0 Å². The van der Waals surface area contributed by atoms with Gasteiger partial charge in [-0.25, -0.2) is 4.39 Å². The fourth-order valence-corrected chi connectivity index (χ4v) is 1.82. The summed E-state index contributed by atoms with van der Waals surface area (Å²) in [6.45, 7) is 3.94. The average molecular weight is 231 g/mol. The maximum absolute atomic E-state index is 12.8. The Labute approximate surface area is 99.7 Å². The van der Waals surface area contributed by atoms with Crippen molar-refractivity contribution in [2.45, 2.75) is 13.8 Å². The molecule has 0 atom stereocenters. The number of benzene rings is 1. The lowest BCUT2D eigenvalue weighted by atomic mass is 10.1. The molecular formula is C14H14FNO. The molecule has 1 aromatic carbocycles. The summed E-state index contributed by atoms with van der Waals surface area (Å²) in [4.78, 5) is 12.2. The molecule has 2 rings (SSSR count). The molecule has 2 nitrogen and oxygen atoms in total. The van der Waals surface area contributed by atoms with Crippen LogP contribution in [0.25, 0.3) is 0 Å². The molecule has 0 saturated carbocycles. The van der Waals surface area contributed by atoms with Gasteiger partial charge in [-0.1, -0.05) is 0 Å². The molecule has 0 aliphatic heterocycles. The van der Waals surface area contributed by atoms with E-state index < -0.39 is 0 Å². The SMILES string of the molecule is Cc1cc(C(=O)c2ccc(F)cc2)n(C)c1C. The van der Waals surface area contributed by atoms with Crippen molar-refractivity contribution in [1.29, 1.82) is 0 Å². The Morgan fingerprint density at radius 1 is 1.18 bits per heavy atom. The molecule has 0 aliphatic rings. The lowest BCUT2D eigenvalue weighted by Crippen LogP contribution is -2.08. The van der Waals surface area contributed by atoms with E-state index in [0.717, 1.165) is 11.3 Å². The van der Waals surface area contributed by atoms with Gasteiger partial charge in [-0.05, 0) is 49.7 Å². The van der Waals surface area contributed by atoms with E-state index in [1.807, 2.05) is 31.5 Å². The Hall–Kier alpha value is -1.90. The number of aromatic nitrogens is 1. The minimum absolute atomic E-state index is 0.0799. The topological polar surface area (TPSA) is 22.0 Å². The van der Waals surface area contributed by atoms with Crippen LogP contribution in [0.5, 0.6) is 0 Å². The quantitative estimate of drug-likeness (QED) is 0.728. The first kappa shape index (κ1) is 11.6. The van der Waals surface area contributed by atoms with Crippen molar-refractivity contribution in [3.05, 3.63) is 58.7 Å². The van der Waals surface area contributed by atoms with E-state index in [1.54, 1.807) is 0 Å². The van der Waals surface area contributed by atoms with Gasteiger partial charge in [0, 0.05) is 18.3 Å². The number of hydrogen-bond acceptors (Lipinski definition) is 1. The summed E-state index contributed by atoms with van der Waals surface area (Å²) in [5.41, 5.74) is 3.28. The number of nitrogens with zero attached hydrogens (tertiary/aromatic N) is 1. The van der Waals surface area contributed by atoms with E-state index >= 15 is 0 Å². The number of ketones is 1. The van der Waals surface area contributed by atoms with Gasteiger partial charge in [0.25, 0.3) is 0 Å². The highest BCUT2D eigenvalue weighted by Crippen LogP contribution is 2.16. The first-order valence-electron chi connectivity index (χ1n) is 5.44. The first-order chi connectivity index (χ1) is 8.00. The molecule has 0 radical (unpaired) electrons. The van der Waals surface area contributed by atoms with E-state index in [1.165, 1.54) is 24.3 Å². The number of rotatable bonds is 2. The summed E-state index contributed by atoms with van der Waals surface area (Å²) in [6.07, 6.45) is 0. The minimum Gasteiger partial charge on any atom is -0.345 e. The summed E-state index contributed by atoms with van der Waals surface area (Å²) in [5.74, 6) is -0.413. The van der Waals surface area contributed by atoms with Crippen LogP contribution in [-0.4, -0.2) is 10.4 Å². The highest BCUT2D eigenvalue weighted by molar-refractivity contribution is 6.08.